The molecule has 106 valence electrons. The van der Waals surface area contributed by atoms with E-state index in [-0.39, 0.29) is 11.9 Å². The van der Waals surface area contributed by atoms with Crippen molar-refractivity contribution >= 4 is 21.9 Å². The summed E-state index contributed by atoms with van der Waals surface area (Å²) in [5.41, 5.74) is -0.140. The number of esters is 1. The van der Waals surface area contributed by atoms with Crippen LogP contribution >= 0.6 is 15.9 Å². The average molecular weight is 339 g/mol. The highest BCUT2D eigenvalue weighted by Crippen LogP contribution is 2.26. The first-order valence-corrected chi connectivity index (χ1v) is 7.01. The van der Waals surface area contributed by atoms with E-state index in [1.165, 1.54) is 0 Å². The number of carbonyl (C=O) groups is 1. The molecule has 0 saturated heterocycles. The molecule has 1 aromatic carbocycles. The van der Waals surface area contributed by atoms with Gasteiger partial charge >= 0.3 is 5.97 Å². The lowest BCUT2D eigenvalue weighted by atomic mass is 9.94. The number of hydrogen-bond donors (Lipinski definition) is 0. The number of aromatic nitrogens is 2. The van der Waals surface area contributed by atoms with Gasteiger partial charge < -0.3 is 9.26 Å². The van der Waals surface area contributed by atoms with Crippen LogP contribution in [0, 0.1) is 0 Å². The topological polar surface area (TPSA) is 65.2 Å². The Kier molecular flexibility index (Phi) is 4.23. The molecule has 20 heavy (non-hydrogen) atoms. The Labute approximate surface area is 125 Å². The van der Waals surface area contributed by atoms with Gasteiger partial charge in [0.1, 0.15) is 5.41 Å². The maximum atomic E-state index is 11.9. The number of rotatable bonds is 4. The van der Waals surface area contributed by atoms with Gasteiger partial charge in [-0.1, -0.05) is 21.1 Å². The summed E-state index contributed by atoms with van der Waals surface area (Å²) in [6.07, 6.45) is 0. The van der Waals surface area contributed by atoms with Crippen LogP contribution in [-0.4, -0.2) is 22.7 Å². The maximum Gasteiger partial charge on any atom is 0.321 e. The fraction of sp³-hybridized carbons (Fsp3) is 0.357. The Balaban J connectivity index is 2.28. The minimum absolute atomic E-state index is 0.244. The molecule has 0 N–H and O–H groups in total. The van der Waals surface area contributed by atoms with Crippen molar-refractivity contribution in [2.75, 3.05) is 6.61 Å². The predicted molar refractivity (Wildman–Crippen MR) is 77.1 cm³/mol. The third-order valence-electron chi connectivity index (χ3n) is 2.85. The molecule has 0 aliphatic rings. The Hall–Kier alpha value is -1.69. The summed E-state index contributed by atoms with van der Waals surface area (Å²) in [6.45, 7) is 5.47. The zero-order chi connectivity index (χ0) is 14.8. The molecule has 0 radical (unpaired) electrons. The number of hydrogen-bond acceptors (Lipinski definition) is 5. The predicted octanol–water partition coefficient (Wildman–Crippen LogP) is 3.34. The molecule has 2 rings (SSSR count). The van der Waals surface area contributed by atoms with Gasteiger partial charge in [-0.05, 0) is 45.0 Å². The molecule has 0 bridgehead atoms. The molecule has 0 spiro atoms. The van der Waals surface area contributed by atoms with Gasteiger partial charge in [-0.3, -0.25) is 4.79 Å². The molecule has 1 heterocycles. The molecule has 0 fully saturated rings. The highest BCUT2D eigenvalue weighted by Gasteiger charge is 2.37. The van der Waals surface area contributed by atoms with Crippen molar-refractivity contribution in [2.45, 2.75) is 26.2 Å². The van der Waals surface area contributed by atoms with Gasteiger partial charge in [0.15, 0.2) is 0 Å². The summed E-state index contributed by atoms with van der Waals surface area (Å²) in [7, 11) is 0. The molecule has 2 aromatic rings. The molecule has 5 nitrogen and oxygen atoms in total. The smallest absolute Gasteiger partial charge is 0.321 e. The van der Waals surface area contributed by atoms with Gasteiger partial charge in [0.2, 0.25) is 11.7 Å². The third kappa shape index (κ3) is 2.90. The minimum Gasteiger partial charge on any atom is -0.465 e. The fourth-order valence-corrected chi connectivity index (χ4v) is 1.86. The van der Waals surface area contributed by atoms with Crippen molar-refractivity contribution in [1.82, 2.24) is 10.1 Å². The molecule has 0 atom stereocenters. The largest absolute Gasteiger partial charge is 0.465 e. The molecule has 0 aliphatic heterocycles. The van der Waals surface area contributed by atoms with Crippen LogP contribution in [0.25, 0.3) is 11.4 Å². The van der Waals surface area contributed by atoms with Gasteiger partial charge in [0, 0.05) is 10.0 Å². The lowest BCUT2D eigenvalue weighted by molar-refractivity contribution is -0.149. The summed E-state index contributed by atoms with van der Waals surface area (Å²) in [5.74, 6) is 0.310. The lowest BCUT2D eigenvalue weighted by Gasteiger charge is -2.16. The summed E-state index contributed by atoms with van der Waals surface area (Å²) < 4.78 is 11.2. The molecule has 1 aromatic heterocycles. The van der Waals surface area contributed by atoms with E-state index in [0.29, 0.717) is 12.4 Å². The van der Waals surface area contributed by atoms with Crippen LogP contribution < -0.4 is 0 Å². The summed E-state index contributed by atoms with van der Waals surface area (Å²) in [4.78, 5) is 16.2. The number of benzene rings is 1. The van der Waals surface area contributed by atoms with E-state index in [1.54, 1.807) is 20.8 Å². The summed E-state index contributed by atoms with van der Waals surface area (Å²) in [5, 5.41) is 3.92. The Morgan fingerprint density at radius 2 is 2.00 bits per heavy atom. The van der Waals surface area contributed by atoms with Gasteiger partial charge in [-0.25, -0.2) is 0 Å². The molecular weight excluding hydrogens is 324 g/mol. The van der Waals surface area contributed by atoms with Crippen LogP contribution in [0.2, 0.25) is 0 Å². The van der Waals surface area contributed by atoms with Crippen LogP contribution in [0.1, 0.15) is 26.7 Å². The lowest BCUT2D eigenvalue weighted by Crippen LogP contribution is -2.31. The first-order valence-electron chi connectivity index (χ1n) is 6.22. The normalized spacial score (nSPS) is 11.4. The monoisotopic (exact) mass is 338 g/mol. The first kappa shape index (κ1) is 14.7. The van der Waals surface area contributed by atoms with Crippen LogP contribution in [0.4, 0.5) is 0 Å². The number of nitrogens with zero attached hydrogens (tertiary/aromatic N) is 2. The van der Waals surface area contributed by atoms with E-state index in [2.05, 4.69) is 26.1 Å². The third-order valence-corrected chi connectivity index (χ3v) is 3.38. The molecule has 0 unspecified atom stereocenters. The first-order chi connectivity index (χ1) is 9.45. The van der Waals surface area contributed by atoms with Gasteiger partial charge in [0.25, 0.3) is 0 Å². The molecular formula is C14H15BrN2O3. The SMILES string of the molecule is CCOC(=O)C(C)(C)c1nc(-c2ccc(Br)cc2)no1. The van der Waals surface area contributed by atoms with Crippen molar-refractivity contribution in [2.24, 2.45) is 0 Å². The quantitative estimate of drug-likeness (QED) is 0.800. The summed E-state index contributed by atoms with van der Waals surface area (Å²) >= 11 is 3.37. The van der Waals surface area contributed by atoms with Crippen molar-refractivity contribution in [3.63, 3.8) is 0 Å². The standard InChI is InChI=1S/C14H15BrN2O3/c1-4-19-13(18)14(2,3)12-16-11(17-20-12)9-5-7-10(15)8-6-9/h5-8H,4H2,1-3H3. The van der Waals surface area contributed by atoms with Gasteiger partial charge in [-0.2, -0.15) is 4.98 Å². The Morgan fingerprint density at radius 1 is 1.35 bits per heavy atom. The van der Waals surface area contributed by atoms with Crippen LogP contribution in [0.15, 0.2) is 33.3 Å². The molecule has 0 aliphatic carbocycles. The van der Waals surface area contributed by atoms with Crippen LogP contribution in [0.3, 0.4) is 0 Å². The maximum absolute atomic E-state index is 11.9. The second-order valence-electron chi connectivity index (χ2n) is 4.78. The Bertz CT molecular complexity index is 605. The highest BCUT2D eigenvalue weighted by atomic mass is 79.9. The van der Waals surface area contributed by atoms with E-state index in [4.69, 9.17) is 9.26 Å². The fourth-order valence-electron chi connectivity index (χ4n) is 1.59. The second-order valence-corrected chi connectivity index (χ2v) is 5.69. The number of ether oxygens (including phenoxy) is 1. The van der Waals surface area contributed by atoms with Crippen molar-refractivity contribution < 1.29 is 14.1 Å². The van der Waals surface area contributed by atoms with E-state index in [9.17, 15) is 4.79 Å². The van der Waals surface area contributed by atoms with E-state index < -0.39 is 5.41 Å². The van der Waals surface area contributed by atoms with Crippen molar-refractivity contribution in [3.8, 4) is 11.4 Å². The van der Waals surface area contributed by atoms with Gasteiger partial charge in [-0.15, -0.1) is 0 Å². The number of halogens is 1. The van der Waals surface area contributed by atoms with Crippen molar-refractivity contribution in [3.05, 3.63) is 34.6 Å². The minimum atomic E-state index is -0.962. The average Bonchev–Trinajstić information content (AvgIpc) is 2.90. The molecule has 0 amide bonds. The van der Waals surface area contributed by atoms with Crippen LogP contribution in [-0.2, 0) is 14.9 Å². The molecule has 0 saturated carbocycles. The van der Waals surface area contributed by atoms with E-state index in [0.717, 1.165) is 10.0 Å². The van der Waals surface area contributed by atoms with E-state index >= 15 is 0 Å². The molecule has 6 heteroatoms. The zero-order valence-electron chi connectivity index (χ0n) is 11.5. The Morgan fingerprint density at radius 3 is 2.60 bits per heavy atom. The number of carbonyl (C=O) groups excluding carboxylic acids is 1. The van der Waals surface area contributed by atoms with Gasteiger partial charge in [0.05, 0.1) is 6.61 Å². The van der Waals surface area contributed by atoms with Crippen molar-refractivity contribution in [1.29, 1.82) is 0 Å². The zero-order valence-corrected chi connectivity index (χ0v) is 13.1. The van der Waals surface area contributed by atoms with Crippen LogP contribution in [0.5, 0.6) is 0 Å². The highest BCUT2D eigenvalue weighted by molar-refractivity contribution is 9.10. The van der Waals surface area contributed by atoms with E-state index in [1.807, 2.05) is 24.3 Å². The summed E-state index contributed by atoms with van der Waals surface area (Å²) in [6, 6.07) is 7.52. The second kappa shape index (κ2) is 5.75.